The van der Waals surface area contributed by atoms with E-state index in [2.05, 4.69) is 0 Å². The molecule has 1 heterocycles. The van der Waals surface area contributed by atoms with Gasteiger partial charge in [0.15, 0.2) is 17.8 Å². The molecule has 106 valence electrons. The molecule has 0 aliphatic carbocycles. The highest BCUT2D eigenvalue weighted by Crippen LogP contribution is 2.42. The van der Waals surface area contributed by atoms with Crippen LogP contribution in [0.2, 0.25) is 0 Å². The molecule has 0 radical (unpaired) electrons. The molecule has 0 unspecified atom stereocenters. The van der Waals surface area contributed by atoms with Crippen molar-refractivity contribution >= 4 is 17.6 Å². The number of thiophene rings is 1. The summed E-state index contributed by atoms with van der Waals surface area (Å²) < 4.78 is 21.4. The van der Waals surface area contributed by atoms with Crippen molar-refractivity contribution in [3.63, 3.8) is 0 Å². The van der Waals surface area contributed by atoms with Crippen molar-refractivity contribution in [3.8, 4) is 28.7 Å². The molecule has 5 nitrogen and oxygen atoms in total. The van der Waals surface area contributed by atoms with Crippen LogP contribution >= 0.6 is 11.3 Å². The highest BCUT2D eigenvalue weighted by molar-refractivity contribution is 7.11. The zero-order chi connectivity index (χ0) is 14.5. The fraction of sp³-hybridized carbons (Fsp3) is 0.214. The van der Waals surface area contributed by atoms with Gasteiger partial charge in [0.25, 0.3) is 0 Å². The van der Waals surface area contributed by atoms with Gasteiger partial charge in [-0.1, -0.05) is 0 Å². The van der Waals surface area contributed by atoms with Gasteiger partial charge in [0.05, 0.1) is 26.2 Å². The zero-order valence-corrected chi connectivity index (χ0v) is 12.2. The predicted octanol–water partition coefficient (Wildman–Crippen LogP) is 3.38. The van der Waals surface area contributed by atoms with Crippen LogP contribution in [0.5, 0.6) is 28.7 Å². The van der Waals surface area contributed by atoms with E-state index in [1.54, 1.807) is 23.6 Å². The molecule has 2 rings (SSSR count). The van der Waals surface area contributed by atoms with Crippen LogP contribution in [0, 0.1) is 0 Å². The SMILES string of the molecule is COc1cc(Oc2csc(C=O)c2)cc(OC)c1OC. The number of hydrogen-bond donors (Lipinski definition) is 0. The molecule has 0 fully saturated rings. The average Bonchev–Trinajstić information content (AvgIpc) is 2.93. The van der Waals surface area contributed by atoms with Crippen LogP contribution in [0.25, 0.3) is 0 Å². The van der Waals surface area contributed by atoms with Crippen molar-refractivity contribution in [2.24, 2.45) is 0 Å². The second kappa shape index (κ2) is 6.29. The number of aldehydes is 1. The third kappa shape index (κ3) is 2.85. The molecule has 6 heteroatoms. The topological polar surface area (TPSA) is 54.0 Å². The van der Waals surface area contributed by atoms with E-state index in [-0.39, 0.29) is 0 Å². The molecule has 1 aromatic carbocycles. The second-order valence-electron chi connectivity index (χ2n) is 3.77. The minimum absolute atomic E-state index is 0.501. The van der Waals surface area contributed by atoms with Crippen LogP contribution in [0.15, 0.2) is 23.6 Å². The minimum atomic E-state index is 0.501. The molecule has 0 aliphatic heterocycles. The normalized spacial score (nSPS) is 9.95. The highest BCUT2D eigenvalue weighted by atomic mass is 32.1. The highest BCUT2D eigenvalue weighted by Gasteiger charge is 2.14. The number of methoxy groups -OCH3 is 3. The maximum absolute atomic E-state index is 10.7. The maximum Gasteiger partial charge on any atom is 0.203 e. The van der Waals surface area contributed by atoms with Gasteiger partial charge >= 0.3 is 0 Å². The fourth-order valence-corrected chi connectivity index (χ4v) is 2.31. The van der Waals surface area contributed by atoms with Crippen molar-refractivity contribution in [1.82, 2.24) is 0 Å². The van der Waals surface area contributed by atoms with Crippen molar-refractivity contribution in [2.45, 2.75) is 0 Å². The fourth-order valence-electron chi connectivity index (χ4n) is 1.70. The summed E-state index contributed by atoms with van der Waals surface area (Å²) in [7, 11) is 4.61. The molecule has 0 saturated carbocycles. The summed E-state index contributed by atoms with van der Waals surface area (Å²) in [5.41, 5.74) is 0. The Bertz CT molecular complexity index is 580. The van der Waals surface area contributed by atoms with Crippen LogP contribution in [-0.2, 0) is 0 Å². The van der Waals surface area contributed by atoms with E-state index >= 15 is 0 Å². The van der Waals surface area contributed by atoms with Crippen LogP contribution < -0.4 is 18.9 Å². The van der Waals surface area contributed by atoms with Gasteiger partial charge in [0.2, 0.25) is 5.75 Å². The molecule has 1 aromatic heterocycles. The second-order valence-corrected chi connectivity index (χ2v) is 4.71. The molecule has 2 aromatic rings. The lowest BCUT2D eigenvalue weighted by Gasteiger charge is -2.14. The number of ether oxygens (including phenoxy) is 4. The van der Waals surface area contributed by atoms with Crippen LogP contribution in [-0.4, -0.2) is 27.6 Å². The Balaban J connectivity index is 2.34. The third-order valence-electron chi connectivity index (χ3n) is 2.59. The molecule has 0 saturated heterocycles. The summed E-state index contributed by atoms with van der Waals surface area (Å²) in [6, 6.07) is 5.06. The van der Waals surface area contributed by atoms with Crippen molar-refractivity contribution in [3.05, 3.63) is 28.5 Å². The van der Waals surface area contributed by atoms with Gasteiger partial charge in [-0.15, -0.1) is 11.3 Å². The summed E-state index contributed by atoms with van der Waals surface area (Å²) in [6.07, 6.45) is 0.784. The molecule has 0 amide bonds. The lowest BCUT2D eigenvalue weighted by Crippen LogP contribution is -1.95. The lowest BCUT2D eigenvalue weighted by atomic mass is 10.2. The van der Waals surface area contributed by atoms with Gasteiger partial charge in [-0.2, -0.15) is 0 Å². The summed E-state index contributed by atoms with van der Waals surface area (Å²) >= 11 is 1.32. The zero-order valence-electron chi connectivity index (χ0n) is 11.3. The number of carbonyl (C=O) groups is 1. The third-order valence-corrected chi connectivity index (χ3v) is 3.42. The number of hydrogen-bond acceptors (Lipinski definition) is 6. The summed E-state index contributed by atoms with van der Waals surface area (Å²) in [5, 5.41) is 1.76. The molecular weight excluding hydrogens is 280 g/mol. The van der Waals surface area contributed by atoms with Gasteiger partial charge in [0, 0.05) is 23.6 Å². The Hall–Kier alpha value is -2.21. The molecule has 0 bridgehead atoms. The predicted molar refractivity (Wildman–Crippen MR) is 75.9 cm³/mol. The maximum atomic E-state index is 10.7. The van der Waals surface area contributed by atoms with E-state index in [0.29, 0.717) is 33.6 Å². The van der Waals surface area contributed by atoms with E-state index in [1.807, 2.05) is 0 Å². The number of benzene rings is 1. The van der Waals surface area contributed by atoms with Gasteiger partial charge < -0.3 is 18.9 Å². The quantitative estimate of drug-likeness (QED) is 0.764. The molecular formula is C14H14O5S. The van der Waals surface area contributed by atoms with Gasteiger partial charge in [-0.25, -0.2) is 0 Å². The number of rotatable bonds is 6. The first-order valence-electron chi connectivity index (χ1n) is 5.73. The molecule has 0 aliphatic rings. The van der Waals surface area contributed by atoms with Crippen molar-refractivity contribution in [2.75, 3.05) is 21.3 Å². The Morgan fingerprint density at radius 1 is 0.950 bits per heavy atom. The van der Waals surface area contributed by atoms with Crippen LogP contribution in [0.3, 0.4) is 0 Å². The first kappa shape index (κ1) is 14.2. The summed E-state index contributed by atoms with van der Waals surface area (Å²) in [5.74, 6) is 2.64. The van der Waals surface area contributed by atoms with E-state index in [4.69, 9.17) is 18.9 Å². The Labute approximate surface area is 120 Å². The van der Waals surface area contributed by atoms with E-state index in [0.717, 1.165) is 6.29 Å². The van der Waals surface area contributed by atoms with Crippen LogP contribution in [0.1, 0.15) is 9.67 Å². The first-order chi connectivity index (χ1) is 9.71. The Kier molecular flexibility index (Phi) is 4.47. The minimum Gasteiger partial charge on any atom is -0.493 e. The molecule has 0 N–H and O–H groups in total. The standard InChI is InChI=1S/C14H14O5S/c1-16-12-5-9(6-13(17-2)14(12)18-3)19-10-4-11(7-15)20-8-10/h4-8H,1-3H3. The monoisotopic (exact) mass is 294 g/mol. The largest absolute Gasteiger partial charge is 0.493 e. The van der Waals surface area contributed by atoms with Crippen LogP contribution in [0.4, 0.5) is 0 Å². The smallest absolute Gasteiger partial charge is 0.203 e. The average molecular weight is 294 g/mol. The lowest BCUT2D eigenvalue weighted by molar-refractivity contribution is 0.112. The van der Waals surface area contributed by atoms with E-state index < -0.39 is 0 Å². The molecule has 0 atom stereocenters. The Morgan fingerprint density at radius 2 is 1.60 bits per heavy atom. The summed E-state index contributed by atoms with van der Waals surface area (Å²) in [4.78, 5) is 11.3. The van der Waals surface area contributed by atoms with Crippen molar-refractivity contribution in [1.29, 1.82) is 0 Å². The van der Waals surface area contributed by atoms with Gasteiger partial charge in [0.1, 0.15) is 11.5 Å². The van der Waals surface area contributed by atoms with Gasteiger partial charge in [-0.05, 0) is 0 Å². The molecule has 20 heavy (non-hydrogen) atoms. The Morgan fingerprint density at radius 3 is 2.05 bits per heavy atom. The molecule has 0 spiro atoms. The van der Waals surface area contributed by atoms with Crippen molar-refractivity contribution < 1.29 is 23.7 Å². The number of carbonyl (C=O) groups excluding carboxylic acids is 1. The van der Waals surface area contributed by atoms with E-state index in [9.17, 15) is 4.79 Å². The summed E-state index contributed by atoms with van der Waals surface area (Å²) in [6.45, 7) is 0. The van der Waals surface area contributed by atoms with Gasteiger partial charge in [-0.3, -0.25) is 4.79 Å². The first-order valence-corrected chi connectivity index (χ1v) is 6.61. The van der Waals surface area contributed by atoms with E-state index in [1.165, 1.54) is 32.7 Å².